The van der Waals surface area contributed by atoms with Gasteiger partial charge >= 0.3 is 0 Å². The minimum atomic E-state index is -2.63. The summed E-state index contributed by atoms with van der Waals surface area (Å²) < 4.78 is 20.5. The summed E-state index contributed by atoms with van der Waals surface area (Å²) in [5, 5.41) is 2.40. The van der Waals surface area contributed by atoms with Crippen molar-refractivity contribution in [2.75, 3.05) is 6.61 Å². The van der Waals surface area contributed by atoms with E-state index in [9.17, 15) is 4.79 Å². The number of fused-ring (bicyclic) bond motifs is 1. The van der Waals surface area contributed by atoms with Gasteiger partial charge in [0, 0.05) is 0 Å². The van der Waals surface area contributed by atoms with Gasteiger partial charge in [-0.05, 0) is 52.6 Å². The number of nitrogens with zero attached hydrogens (tertiary/aromatic N) is 1. The van der Waals surface area contributed by atoms with Gasteiger partial charge in [0.25, 0.3) is 13.2 Å². The maximum Gasteiger partial charge on any atom is 0.276 e. The van der Waals surface area contributed by atoms with Gasteiger partial charge in [0.2, 0.25) is 5.91 Å². The van der Waals surface area contributed by atoms with E-state index in [1.165, 1.54) is 14.9 Å². The Morgan fingerprint density at radius 2 is 1.49 bits per heavy atom. The molecule has 2 heterocycles. The van der Waals surface area contributed by atoms with Gasteiger partial charge in [-0.2, -0.15) is 0 Å². The lowest BCUT2D eigenvalue weighted by Gasteiger charge is -2.43. The lowest BCUT2D eigenvalue weighted by Crippen LogP contribution is -2.67. The van der Waals surface area contributed by atoms with Crippen LogP contribution in [0.1, 0.15) is 44.8 Å². The number of carbonyl (C=O) groups excluding carboxylic acids is 1. The molecule has 5 rings (SSSR count). The zero-order valence-corrected chi connectivity index (χ0v) is 23.4. The first-order valence-electron chi connectivity index (χ1n) is 12.8. The van der Waals surface area contributed by atoms with Crippen LogP contribution in [0.2, 0.25) is 5.04 Å². The summed E-state index contributed by atoms with van der Waals surface area (Å²) >= 11 is 5.32. The molecule has 0 aliphatic carbocycles. The second-order valence-electron chi connectivity index (χ2n) is 10.7. The monoisotopic (exact) mass is 531 g/mol. The Balaban J connectivity index is 1.33. The molecule has 5 nitrogen and oxygen atoms in total. The van der Waals surface area contributed by atoms with Gasteiger partial charge in [0.1, 0.15) is 0 Å². The van der Waals surface area contributed by atoms with Crippen molar-refractivity contribution in [1.29, 1.82) is 0 Å². The van der Waals surface area contributed by atoms with Crippen molar-refractivity contribution in [2.24, 2.45) is 0 Å². The molecule has 1 saturated heterocycles. The maximum atomic E-state index is 13.2. The lowest BCUT2D eigenvalue weighted by molar-refractivity contribution is 0.0120. The standard InChI is InChI=1S/C30H33NO4SSi/c1-30(2,3)37(24-12-6-4-7-13-24,25-14-8-5-9-15-25)33-21-23-19-18-22(34-23)20-28(32)31-26-16-10-11-17-27(26)35-29(31)36/h4-17,22-23H,18-21H2,1-3H3/t22-,23-/m0/s1. The number of rotatable bonds is 7. The smallest absolute Gasteiger partial charge is 0.276 e. The van der Waals surface area contributed by atoms with Crippen LogP contribution in [0.5, 0.6) is 0 Å². The zero-order valence-electron chi connectivity index (χ0n) is 21.6. The fourth-order valence-corrected chi connectivity index (χ4v) is 10.4. The van der Waals surface area contributed by atoms with Crippen molar-refractivity contribution in [1.82, 2.24) is 4.57 Å². The van der Waals surface area contributed by atoms with Gasteiger partial charge in [-0.3, -0.25) is 4.79 Å². The molecule has 0 radical (unpaired) electrons. The molecule has 37 heavy (non-hydrogen) atoms. The van der Waals surface area contributed by atoms with Crippen molar-refractivity contribution in [2.45, 2.75) is 57.3 Å². The van der Waals surface area contributed by atoms with Crippen molar-refractivity contribution in [3.05, 3.63) is 89.8 Å². The first-order valence-corrected chi connectivity index (χ1v) is 15.2. The number of ether oxygens (including phenoxy) is 1. The van der Waals surface area contributed by atoms with Crippen LogP contribution in [0.25, 0.3) is 11.1 Å². The molecule has 3 aromatic carbocycles. The Morgan fingerprint density at radius 1 is 0.919 bits per heavy atom. The van der Waals surface area contributed by atoms with Crippen LogP contribution in [-0.4, -0.2) is 37.6 Å². The van der Waals surface area contributed by atoms with E-state index < -0.39 is 8.32 Å². The Morgan fingerprint density at radius 3 is 2.11 bits per heavy atom. The Hall–Kier alpha value is -2.84. The van der Waals surface area contributed by atoms with E-state index in [-0.39, 0.29) is 34.4 Å². The van der Waals surface area contributed by atoms with Crippen molar-refractivity contribution >= 4 is 47.9 Å². The maximum absolute atomic E-state index is 13.2. The number of para-hydroxylation sites is 2. The van der Waals surface area contributed by atoms with Crippen LogP contribution in [0.3, 0.4) is 0 Å². The molecular formula is C30H33NO4SSi. The van der Waals surface area contributed by atoms with E-state index in [0.29, 0.717) is 17.7 Å². The van der Waals surface area contributed by atoms with E-state index >= 15 is 0 Å². The van der Waals surface area contributed by atoms with E-state index in [2.05, 4.69) is 69.3 Å². The van der Waals surface area contributed by atoms with E-state index in [4.69, 9.17) is 25.8 Å². The molecule has 2 atom stereocenters. The molecule has 7 heteroatoms. The molecule has 0 spiro atoms. The van der Waals surface area contributed by atoms with Gasteiger partial charge in [-0.15, -0.1) is 0 Å². The molecule has 0 amide bonds. The predicted molar refractivity (Wildman–Crippen MR) is 152 cm³/mol. The predicted octanol–water partition coefficient (Wildman–Crippen LogP) is 6.12. The second-order valence-corrected chi connectivity index (χ2v) is 15.4. The van der Waals surface area contributed by atoms with Crippen molar-refractivity contribution < 1.29 is 18.4 Å². The molecule has 1 aliphatic rings. The number of aromatic nitrogens is 1. The quantitative estimate of drug-likeness (QED) is 0.212. The second kappa shape index (κ2) is 10.5. The van der Waals surface area contributed by atoms with Crippen LogP contribution in [0.4, 0.5) is 0 Å². The molecule has 0 bridgehead atoms. The fraction of sp³-hybridized carbons (Fsp3) is 0.333. The molecule has 1 aromatic heterocycles. The Labute approximate surface area is 224 Å². The topological polar surface area (TPSA) is 53.6 Å². The summed E-state index contributed by atoms with van der Waals surface area (Å²) in [6, 6.07) is 28.7. The number of oxazole rings is 1. The fourth-order valence-electron chi connectivity index (χ4n) is 5.52. The van der Waals surface area contributed by atoms with Gasteiger partial charge < -0.3 is 13.6 Å². The summed E-state index contributed by atoms with van der Waals surface area (Å²) in [5.74, 6) is -0.103. The van der Waals surface area contributed by atoms with Gasteiger partial charge in [0.15, 0.2) is 5.58 Å². The highest BCUT2D eigenvalue weighted by Gasteiger charge is 2.50. The molecule has 0 saturated carbocycles. The summed E-state index contributed by atoms with van der Waals surface area (Å²) in [6.45, 7) is 7.31. The molecule has 1 aliphatic heterocycles. The highest BCUT2D eigenvalue weighted by molar-refractivity contribution is 7.71. The van der Waals surface area contributed by atoms with Crippen LogP contribution < -0.4 is 10.4 Å². The van der Waals surface area contributed by atoms with Crippen LogP contribution in [-0.2, 0) is 9.16 Å². The van der Waals surface area contributed by atoms with Crippen molar-refractivity contribution in [3.8, 4) is 0 Å². The third-order valence-electron chi connectivity index (χ3n) is 7.24. The van der Waals surface area contributed by atoms with E-state index in [1.807, 2.05) is 36.4 Å². The summed E-state index contributed by atoms with van der Waals surface area (Å²) in [6.07, 6.45) is 1.69. The van der Waals surface area contributed by atoms with E-state index in [0.717, 1.165) is 12.8 Å². The van der Waals surface area contributed by atoms with Crippen LogP contribution in [0, 0.1) is 4.84 Å². The summed E-state index contributed by atoms with van der Waals surface area (Å²) in [5.41, 5.74) is 1.31. The first kappa shape index (κ1) is 25.8. The van der Waals surface area contributed by atoms with E-state index in [1.54, 1.807) is 0 Å². The number of carbonyl (C=O) groups is 1. The molecular weight excluding hydrogens is 498 g/mol. The Bertz CT molecular complexity index is 1390. The molecule has 192 valence electrons. The molecule has 0 unspecified atom stereocenters. The molecule has 0 N–H and O–H groups in total. The van der Waals surface area contributed by atoms with Gasteiger partial charge in [-0.1, -0.05) is 93.6 Å². The first-order chi connectivity index (χ1) is 17.8. The Kier molecular flexibility index (Phi) is 7.32. The van der Waals surface area contributed by atoms with Gasteiger partial charge in [-0.25, -0.2) is 4.57 Å². The van der Waals surface area contributed by atoms with Crippen LogP contribution >= 0.6 is 12.2 Å². The largest absolute Gasteiger partial charge is 0.429 e. The number of hydrogen-bond acceptors (Lipinski definition) is 5. The number of benzene rings is 3. The lowest BCUT2D eigenvalue weighted by atomic mass is 10.1. The average Bonchev–Trinajstić information content (AvgIpc) is 3.47. The third kappa shape index (κ3) is 5.01. The minimum Gasteiger partial charge on any atom is -0.429 e. The highest BCUT2D eigenvalue weighted by Crippen LogP contribution is 2.37. The zero-order chi connectivity index (χ0) is 26.0. The highest BCUT2D eigenvalue weighted by atomic mass is 32.1. The molecule has 4 aromatic rings. The summed E-state index contributed by atoms with van der Waals surface area (Å²) in [4.78, 5) is 13.3. The molecule has 1 fully saturated rings. The van der Waals surface area contributed by atoms with Crippen LogP contribution in [0.15, 0.2) is 89.3 Å². The van der Waals surface area contributed by atoms with Gasteiger partial charge in [0.05, 0.1) is 30.8 Å². The SMILES string of the molecule is CC(C)(C)[Si](OC[C@@H]1CC[C@@H](CC(=O)n2c(=S)oc3ccccc32)O1)(c1ccccc1)c1ccccc1. The van der Waals surface area contributed by atoms with Crippen molar-refractivity contribution in [3.63, 3.8) is 0 Å². The third-order valence-corrected chi connectivity index (χ3v) is 12.5. The normalized spacial score (nSPS) is 18.4. The summed E-state index contributed by atoms with van der Waals surface area (Å²) in [7, 11) is -2.63. The number of hydrogen-bond donors (Lipinski definition) is 0. The minimum absolute atomic E-state index is 0.0616. The average molecular weight is 532 g/mol.